The summed E-state index contributed by atoms with van der Waals surface area (Å²) in [5.41, 5.74) is 0. The van der Waals surface area contributed by atoms with Gasteiger partial charge in [-0.15, -0.1) is 0 Å². The van der Waals surface area contributed by atoms with Gasteiger partial charge in [-0.05, 0) is 24.3 Å². The zero-order valence-corrected chi connectivity index (χ0v) is 14.5. The van der Waals surface area contributed by atoms with Crippen molar-refractivity contribution in [3.8, 4) is 23.0 Å². The number of hydrogen-bond donors (Lipinski definition) is 0. The Labute approximate surface area is 168 Å². The Morgan fingerprint density at radius 3 is 0.852 bits per heavy atom. The molecule has 0 aromatic heterocycles. The second-order valence-electron chi connectivity index (χ2n) is 3.56. The van der Waals surface area contributed by atoms with Crippen molar-refractivity contribution in [2.45, 2.75) is 0 Å². The van der Waals surface area contributed by atoms with Crippen molar-refractivity contribution in [3.05, 3.63) is 75.1 Å². The van der Waals surface area contributed by atoms with Crippen molar-refractivity contribution in [1.29, 1.82) is 0 Å². The first-order valence-electron chi connectivity index (χ1n) is 6.23. The molecule has 4 rings (SSSR count). The van der Waals surface area contributed by atoms with E-state index in [0.29, 0.717) is 0 Å². The normalized spacial score (nSPS) is 8.89. The van der Waals surface area contributed by atoms with Crippen molar-refractivity contribution in [3.63, 3.8) is 0 Å². The Balaban J connectivity index is -0.000000305. The fourth-order valence-corrected chi connectivity index (χ4v) is 1.55. The molecule has 2 aromatic carbocycles. The molecule has 2 radical (unpaired) electrons. The van der Waals surface area contributed by atoms with Crippen LogP contribution in [0.15, 0.2) is 48.5 Å². The van der Waals surface area contributed by atoms with Crippen LogP contribution in [0.3, 0.4) is 0 Å². The predicted molar refractivity (Wildman–Crippen MR) is 82.6 cm³/mol. The SMILES string of the molecule is [B]1Oc2ccccc2O1.[B]1Oc2ccccc2O1.[C-]#[O+].[C-]#[O+].[C-]#[O+].[C-]#[O+].[Fe]. The maximum Gasteiger partial charge on any atom is 0 e. The standard InChI is InChI=1S/2C6H4BO2.4CO.Fe/c2*1-2-4-6-5(3-1)8-7-9-6;4*1-2;/h2*1-4H;;;;;. The van der Waals surface area contributed by atoms with Gasteiger partial charge in [-0.1, -0.05) is 24.3 Å². The van der Waals surface area contributed by atoms with Crippen LogP contribution in [0, 0.1) is 26.6 Å². The Hall–Kier alpha value is -2.75. The molecule has 2 aromatic rings. The van der Waals surface area contributed by atoms with E-state index < -0.39 is 0 Å². The summed E-state index contributed by atoms with van der Waals surface area (Å²) >= 11 is 0. The summed E-state index contributed by atoms with van der Waals surface area (Å²) in [6, 6.07) is 15.1. The second-order valence-corrected chi connectivity index (χ2v) is 3.56. The molecule has 8 nitrogen and oxygen atoms in total. The third-order valence-corrected chi connectivity index (χ3v) is 2.40. The maximum absolute atomic E-state index is 7.50. The molecule has 27 heavy (non-hydrogen) atoms. The molecule has 0 amide bonds. The molecule has 0 bridgehead atoms. The van der Waals surface area contributed by atoms with Gasteiger partial charge in [-0.2, -0.15) is 0 Å². The molecular formula is C16H8B2FeO8. The van der Waals surface area contributed by atoms with E-state index in [1.54, 1.807) is 0 Å². The molecule has 2 heterocycles. The molecule has 0 N–H and O–H groups in total. The van der Waals surface area contributed by atoms with Crippen LogP contribution in [-0.4, -0.2) is 15.4 Å². The van der Waals surface area contributed by atoms with E-state index in [0.717, 1.165) is 23.0 Å². The fourth-order valence-electron chi connectivity index (χ4n) is 1.55. The van der Waals surface area contributed by atoms with Crippen molar-refractivity contribution < 1.29 is 54.3 Å². The van der Waals surface area contributed by atoms with Crippen LogP contribution in [0.2, 0.25) is 0 Å². The monoisotopic (exact) mass is 406 g/mol. The number of hydrogen-bond acceptors (Lipinski definition) is 4. The van der Waals surface area contributed by atoms with Gasteiger partial charge in [0.15, 0.2) is 0 Å². The van der Waals surface area contributed by atoms with Crippen molar-refractivity contribution in [1.82, 2.24) is 0 Å². The van der Waals surface area contributed by atoms with Crippen molar-refractivity contribution in [2.24, 2.45) is 0 Å². The average Bonchev–Trinajstić information content (AvgIpc) is 3.44. The van der Waals surface area contributed by atoms with E-state index in [2.05, 4.69) is 26.6 Å². The van der Waals surface area contributed by atoms with Gasteiger partial charge >= 0.3 is 60.6 Å². The number of benzene rings is 2. The van der Waals surface area contributed by atoms with Gasteiger partial charge in [0.05, 0.1) is 0 Å². The molecule has 134 valence electrons. The second kappa shape index (κ2) is 21.3. The molecule has 0 atom stereocenters. The third kappa shape index (κ3) is 10.8. The van der Waals surface area contributed by atoms with Crippen LogP contribution < -0.4 is 18.6 Å². The van der Waals surface area contributed by atoms with E-state index >= 15 is 0 Å². The first-order chi connectivity index (χ1) is 12.9. The summed E-state index contributed by atoms with van der Waals surface area (Å²) in [6.07, 6.45) is 0. The Bertz CT molecular complexity index is 599. The number of fused-ring (bicyclic) bond motifs is 2. The molecule has 0 saturated heterocycles. The largest absolute Gasteiger partial charge is 0 e. The van der Waals surface area contributed by atoms with E-state index in [1.807, 2.05) is 48.5 Å². The summed E-state index contributed by atoms with van der Waals surface area (Å²) in [6.45, 7) is 18.0. The van der Waals surface area contributed by atoms with E-state index in [-0.39, 0.29) is 17.1 Å². The van der Waals surface area contributed by atoms with Crippen molar-refractivity contribution in [2.75, 3.05) is 0 Å². The Morgan fingerprint density at radius 1 is 0.481 bits per heavy atom. The molecule has 0 aliphatic carbocycles. The number of para-hydroxylation sites is 4. The molecular weight excluding hydrogens is 398 g/mol. The maximum atomic E-state index is 7.50. The summed E-state index contributed by atoms with van der Waals surface area (Å²) in [5.74, 6) is 3.16. The zero-order chi connectivity index (χ0) is 20.2. The van der Waals surface area contributed by atoms with Crippen LogP contribution in [-0.2, 0) is 35.7 Å². The first kappa shape index (κ1) is 29.0. The minimum Gasteiger partial charge on any atom is 0 e. The minimum atomic E-state index is 0. The smallest absolute Gasteiger partial charge is 0 e. The molecule has 11 heteroatoms. The average molecular weight is 406 g/mol. The molecule has 0 fully saturated rings. The van der Waals surface area contributed by atoms with Crippen LogP contribution in [0.5, 0.6) is 23.0 Å². The molecule has 2 aliphatic rings. The van der Waals surface area contributed by atoms with Crippen molar-refractivity contribution >= 4 is 15.4 Å². The molecule has 0 saturated carbocycles. The quantitative estimate of drug-likeness (QED) is 0.377. The van der Waals surface area contributed by atoms with E-state index in [9.17, 15) is 0 Å². The molecule has 0 spiro atoms. The topological polar surface area (TPSA) is 117 Å². The van der Waals surface area contributed by atoms with Gasteiger partial charge in [-0.25, -0.2) is 0 Å². The van der Waals surface area contributed by atoms with Gasteiger partial charge in [0.2, 0.25) is 0 Å². The predicted octanol–water partition coefficient (Wildman–Crippen LogP) is 1.83. The zero-order valence-electron chi connectivity index (χ0n) is 13.4. The third-order valence-electron chi connectivity index (χ3n) is 2.40. The van der Waals surface area contributed by atoms with E-state index in [1.165, 1.54) is 15.4 Å². The summed E-state index contributed by atoms with van der Waals surface area (Å²) < 4.78 is 49.8. The minimum absolute atomic E-state index is 0. The van der Waals surface area contributed by atoms with E-state index in [4.69, 9.17) is 37.2 Å². The molecule has 0 unspecified atom stereocenters. The van der Waals surface area contributed by atoms with Crippen LogP contribution in [0.25, 0.3) is 0 Å². The van der Waals surface area contributed by atoms with Gasteiger partial charge in [0.1, 0.15) is 23.0 Å². The van der Waals surface area contributed by atoms with Crippen LogP contribution in [0.1, 0.15) is 0 Å². The van der Waals surface area contributed by atoms with Crippen LogP contribution in [0.4, 0.5) is 0 Å². The Morgan fingerprint density at radius 2 is 0.667 bits per heavy atom. The van der Waals surface area contributed by atoms with Gasteiger partial charge in [-0.3, -0.25) is 0 Å². The summed E-state index contributed by atoms with van der Waals surface area (Å²) in [7, 11) is 2.65. The summed E-state index contributed by atoms with van der Waals surface area (Å²) in [4.78, 5) is 0. The van der Waals surface area contributed by atoms with Gasteiger partial charge < -0.3 is 18.6 Å². The van der Waals surface area contributed by atoms with Crippen LogP contribution >= 0.6 is 0 Å². The first-order valence-corrected chi connectivity index (χ1v) is 6.23. The van der Waals surface area contributed by atoms with Gasteiger partial charge in [0.25, 0.3) is 0 Å². The summed E-state index contributed by atoms with van der Waals surface area (Å²) in [5, 5.41) is 0. The number of rotatable bonds is 0. The fraction of sp³-hybridized carbons (Fsp3) is 0. The molecule has 2 aliphatic heterocycles. The van der Waals surface area contributed by atoms with Gasteiger partial charge in [0, 0.05) is 17.1 Å². The Kier molecular flexibility index (Phi) is 22.9.